The predicted molar refractivity (Wildman–Crippen MR) is 152 cm³/mol. The lowest BCUT2D eigenvalue weighted by Crippen LogP contribution is -2.43. The molecule has 1 N–H and O–H groups in total. The van der Waals surface area contributed by atoms with Gasteiger partial charge in [0.15, 0.2) is 0 Å². The zero-order valence-electron chi connectivity index (χ0n) is 22.7. The molecule has 3 nitrogen and oxygen atoms in total. The van der Waals surface area contributed by atoms with E-state index in [1.165, 1.54) is 28.7 Å². The molecule has 0 aliphatic heterocycles. The smallest absolute Gasteiger partial charge is 0.127 e. The Balaban J connectivity index is 1.68. The maximum atomic E-state index is 11.5. The van der Waals surface area contributed by atoms with E-state index in [1.54, 1.807) is 14.2 Å². The minimum Gasteiger partial charge on any atom is -0.507 e. The van der Waals surface area contributed by atoms with Crippen LogP contribution in [0.2, 0.25) is 0 Å². The number of benzene rings is 4. The molecule has 0 atom stereocenters. The second-order valence-corrected chi connectivity index (χ2v) is 12.6. The molecule has 3 heteroatoms. The van der Waals surface area contributed by atoms with E-state index in [2.05, 4.69) is 76.2 Å². The Morgan fingerprint density at radius 2 is 1.35 bits per heavy atom. The van der Waals surface area contributed by atoms with Crippen molar-refractivity contribution in [2.75, 3.05) is 14.2 Å². The summed E-state index contributed by atoms with van der Waals surface area (Å²) in [6, 6.07) is 23.3. The molecule has 37 heavy (non-hydrogen) atoms. The maximum Gasteiger partial charge on any atom is 0.127 e. The molecule has 2 aliphatic carbocycles. The first-order valence-electron chi connectivity index (χ1n) is 13.2. The van der Waals surface area contributed by atoms with E-state index in [0.29, 0.717) is 5.75 Å². The molecule has 4 aromatic rings. The van der Waals surface area contributed by atoms with Gasteiger partial charge in [0.1, 0.15) is 17.2 Å². The molecule has 6 rings (SSSR count). The molecule has 2 aliphatic rings. The predicted octanol–water partition coefficient (Wildman–Crippen LogP) is 8.73. The first-order chi connectivity index (χ1) is 17.6. The standard InChI is InChI=1S/C34H36O3/c1-32(2)18-33(3,4)20-34(19-32)27-10-8-7-9-23(27)31-26-15-24(21-11-13-22(36-5)14-12-21)30(37-6)16-25(26)29(35)17-28(31)34/h7-17,35H,18-20H2,1-6H3. The van der Waals surface area contributed by atoms with Crippen LogP contribution in [0.25, 0.3) is 33.0 Å². The van der Waals surface area contributed by atoms with Crippen LogP contribution in [-0.4, -0.2) is 19.3 Å². The van der Waals surface area contributed by atoms with Crippen LogP contribution in [-0.2, 0) is 5.41 Å². The van der Waals surface area contributed by atoms with Gasteiger partial charge in [0.2, 0.25) is 0 Å². The van der Waals surface area contributed by atoms with E-state index in [4.69, 9.17) is 9.47 Å². The van der Waals surface area contributed by atoms with Gasteiger partial charge in [-0.05, 0) is 93.6 Å². The Bertz CT molecular complexity index is 1510. The van der Waals surface area contributed by atoms with E-state index in [1.807, 2.05) is 18.2 Å². The molecular weight excluding hydrogens is 456 g/mol. The Morgan fingerprint density at radius 3 is 2.00 bits per heavy atom. The summed E-state index contributed by atoms with van der Waals surface area (Å²) in [6.45, 7) is 9.63. The van der Waals surface area contributed by atoms with Crippen molar-refractivity contribution in [3.8, 4) is 39.5 Å². The second kappa shape index (κ2) is 8.02. The third-order valence-electron chi connectivity index (χ3n) is 8.58. The maximum absolute atomic E-state index is 11.5. The zero-order chi connectivity index (χ0) is 26.2. The Labute approximate surface area is 220 Å². The highest BCUT2D eigenvalue weighted by Crippen LogP contribution is 2.65. The van der Waals surface area contributed by atoms with Gasteiger partial charge in [-0.3, -0.25) is 0 Å². The summed E-state index contributed by atoms with van der Waals surface area (Å²) in [5.41, 5.74) is 7.54. The molecule has 0 aromatic heterocycles. The SMILES string of the molecule is COc1ccc(-c2cc3c4c(cc(O)c3cc2OC)C2(CC(C)(C)CC(C)(C)C2)c2ccccc2-4)cc1. The number of fused-ring (bicyclic) bond motifs is 7. The lowest BCUT2D eigenvalue weighted by atomic mass is 9.52. The van der Waals surface area contributed by atoms with Crippen molar-refractivity contribution >= 4 is 10.8 Å². The number of ether oxygens (including phenoxy) is 2. The van der Waals surface area contributed by atoms with Crippen molar-refractivity contribution in [2.45, 2.75) is 52.4 Å². The van der Waals surface area contributed by atoms with Crippen molar-refractivity contribution < 1.29 is 14.6 Å². The molecule has 1 spiro atoms. The summed E-state index contributed by atoms with van der Waals surface area (Å²) in [7, 11) is 3.37. The third-order valence-corrected chi connectivity index (χ3v) is 8.58. The van der Waals surface area contributed by atoms with Crippen LogP contribution in [0, 0.1) is 10.8 Å². The van der Waals surface area contributed by atoms with E-state index in [0.717, 1.165) is 46.2 Å². The number of rotatable bonds is 3. The van der Waals surface area contributed by atoms with Gasteiger partial charge in [-0.25, -0.2) is 0 Å². The third kappa shape index (κ3) is 3.62. The lowest BCUT2D eigenvalue weighted by molar-refractivity contribution is 0.0645. The number of phenols is 1. The fourth-order valence-electron chi connectivity index (χ4n) is 8.02. The number of hydrogen-bond donors (Lipinski definition) is 1. The van der Waals surface area contributed by atoms with Gasteiger partial charge in [0.25, 0.3) is 0 Å². The topological polar surface area (TPSA) is 38.7 Å². The van der Waals surface area contributed by atoms with Crippen LogP contribution in [0.5, 0.6) is 17.2 Å². The summed E-state index contributed by atoms with van der Waals surface area (Å²) in [6.07, 6.45) is 3.33. The van der Waals surface area contributed by atoms with Gasteiger partial charge in [0, 0.05) is 16.4 Å². The highest BCUT2D eigenvalue weighted by Gasteiger charge is 2.53. The number of phenolic OH excluding ortho intramolecular Hbond substituents is 1. The second-order valence-electron chi connectivity index (χ2n) is 12.6. The van der Waals surface area contributed by atoms with Crippen molar-refractivity contribution in [3.63, 3.8) is 0 Å². The van der Waals surface area contributed by atoms with Gasteiger partial charge in [-0.15, -0.1) is 0 Å². The first-order valence-corrected chi connectivity index (χ1v) is 13.2. The van der Waals surface area contributed by atoms with Gasteiger partial charge in [0.05, 0.1) is 14.2 Å². The zero-order valence-corrected chi connectivity index (χ0v) is 22.7. The average molecular weight is 493 g/mol. The van der Waals surface area contributed by atoms with Crippen molar-refractivity contribution in [3.05, 3.63) is 77.9 Å². The fourth-order valence-corrected chi connectivity index (χ4v) is 8.02. The van der Waals surface area contributed by atoms with Crippen LogP contribution in [0.3, 0.4) is 0 Å². The van der Waals surface area contributed by atoms with Crippen molar-refractivity contribution in [1.82, 2.24) is 0 Å². The molecule has 0 heterocycles. The van der Waals surface area contributed by atoms with E-state index in [9.17, 15) is 5.11 Å². The summed E-state index contributed by atoms with van der Waals surface area (Å²) in [4.78, 5) is 0. The first kappa shape index (κ1) is 23.9. The molecule has 0 amide bonds. The summed E-state index contributed by atoms with van der Waals surface area (Å²) in [5, 5.41) is 13.4. The Kier molecular flexibility index (Phi) is 5.18. The van der Waals surface area contributed by atoms with Crippen LogP contribution in [0.1, 0.15) is 58.1 Å². The molecule has 1 fully saturated rings. The Morgan fingerprint density at radius 1 is 0.676 bits per heavy atom. The van der Waals surface area contributed by atoms with Gasteiger partial charge < -0.3 is 14.6 Å². The minimum atomic E-state index is -0.122. The summed E-state index contributed by atoms with van der Waals surface area (Å²) >= 11 is 0. The average Bonchev–Trinajstić information content (AvgIpc) is 3.10. The van der Waals surface area contributed by atoms with E-state index >= 15 is 0 Å². The normalized spacial score (nSPS) is 18.4. The molecule has 0 bridgehead atoms. The quantitative estimate of drug-likeness (QED) is 0.311. The van der Waals surface area contributed by atoms with Crippen molar-refractivity contribution in [1.29, 1.82) is 0 Å². The summed E-state index contributed by atoms with van der Waals surface area (Å²) in [5.74, 6) is 1.89. The van der Waals surface area contributed by atoms with E-state index < -0.39 is 0 Å². The highest BCUT2D eigenvalue weighted by atomic mass is 16.5. The highest BCUT2D eigenvalue weighted by molar-refractivity contribution is 6.07. The molecule has 1 saturated carbocycles. The molecule has 0 saturated heterocycles. The molecule has 190 valence electrons. The fraction of sp³-hybridized carbons (Fsp3) is 0.353. The molecule has 4 aromatic carbocycles. The largest absolute Gasteiger partial charge is 0.507 e. The molecule has 0 radical (unpaired) electrons. The monoisotopic (exact) mass is 492 g/mol. The molecule has 0 unspecified atom stereocenters. The Hall–Kier alpha value is -3.46. The number of hydrogen-bond acceptors (Lipinski definition) is 3. The van der Waals surface area contributed by atoms with Gasteiger partial charge in [-0.1, -0.05) is 64.1 Å². The van der Waals surface area contributed by atoms with Gasteiger partial charge >= 0.3 is 0 Å². The van der Waals surface area contributed by atoms with Crippen LogP contribution in [0.15, 0.2) is 66.7 Å². The van der Waals surface area contributed by atoms with Crippen LogP contribution in [0.4, 0.5) is 0 Å². The van der Waals surface area contributed by atoms with Crippen LogP contribution < -0.4 is 9.47 Å². The minimum absolute atomic E-state index is 0.122. The lowest BCUT2D eigenvalue weighted by Gasteiger charge is -2.51. The summed E-state index contributed by atoms with van der Waals surface area (Å²) < 4.78 is 11.2. The van der Waals surface area contributed by atoms with Crippen LogP contribution >= 0.6 is 0 Å². The van der Waals surface area contributed by atoms with Crippen molar-refractivity contribution in [2.24, 2.45) is 10.8 Å². The van der Waals surface area contributed by atoms with Gasteiger partial charge in [-0.2, -0.15) is 0 Å². The number of aromatic hydroxyl groups is 1. The van der Waals surface area contributed by atoms with E-state index in [-0.39, 0.29) is 16.2 Å². The number of methoxy groups -OCH3 is 2. The molecular formula is C34H36O3.